The first-order valence-corrected chi connectivity index (χ1v) is 14.8. The predicted molar refractivity (Wildman–Crippen MR) is 181 cm³/mol. The SMILES string of the molecule is OCc1ccc(N(c2ccc(O)cc2)c2ccc(-c3ccc(N(c4ccc(CO)cc4)c4ccc(CO)cc4)cc3)cc2)cc1. The number of aliphatic hydroxyl groups is 3. The zero-order valence-electron chi connectivity index (χ0n) is 24.7. The molecule has 0 bridgehead atoms. The van der Waals surface area contributed by atoms with Crippen LogP contribution in [-0.4, -0.2) is 20.4 Å². The van der Waals surface area contributed by atoms with Crippen molar-refractivity contribution in [2.75, 3.05) is 9.80 Å². The van der Waals surface area contributed by atoms with Crippen molar-refractivity contribution in [1.82, 2.24) is 0 Å². The Hall–Kier alpha value is -5.40. The molecule has 6 rings (SSSR count). The molecule has 0 aromatic heterocycles. The van der Waals surface area contributed by atoms with Crippen molar-refractivity contribution in [1.29, 1.82) is 0 Å². The van der Waals surface area contributed by atoms with E-state index in [2.05, 4.69) is 58.3 Å². The van der Waals surface area contributed by atoms with Gasteiger partial charge in [0.05, 0.1) is 19.8 Å². The van der Waals surface area contributed by atoms with E-state index in [0.29, 0.717) is 0 Å². The Labute approximate surface area is 263 Å². The molecule has 0 spiro atoms. The van der Waals surface area contributed by atoms with E-state index in [0.717, 1.165) is 61.9 Å². The van der Waals surface area contributed by atoms with Gasteiger partial charge in [-0.2, -0.15) is 0 Å². The fourth-order valence-corrected chi connectivity index (χ4v) is 5.35. The molecule has 0 amide bonds. The Balaban J connectivity index is 1.31. The number of phenolic OH excluding ortho intramolecular Hbond substituents is 1. The van der Waals surface area contributed by atoms with Gasteiger partial charge in [-0.15, -0.1) is 0 Å². The zero-order chi connectivity index (χ0) is 31.2. The van der Waals surface area contributed by atoms with E-state index in [4.69, 9.17) is 0 Å². The Kier molecular flexibility index (Phi) is 8.89. The van der Waals surface area contributed by atoms with Crippen LogP contribution in [0.2, 0.25) is 0 Å². The number of rotatable bonds is 10. The van der Waals surface area contributed by atoms with Crippen LogP contribution in [0.4, 0.5) is 34.1 Å². The van der Waals surface area contributed by atoms with Crippen molar-refractivity contribution in [2.24, 2.45) is 0 Å². The fourth-order valence-electron chi connectivity index (χ4n) is 5.35. The summed E-state index contributed by atoms with van der Waals surface area (Å²) in [5.41, 5.74) is 10.4. The molecule has 0 aliphatic heterocycles. The van der Waals surface area contributed by atoms with Crippen molar-refractivity contribution < 1.29 is 20.4 Å². The van der Waals surface area contributed by atoms with Crippen LogP contribution in [0.25, 0.3) is 11.1 Å². The molecule has 0 aliphatic carbocycles. The minimum absolute atomic E-state index is 0.0122. The van der Waals surface area contributed by atoms with Gasteiger partial charge in [-0.3, -0.25) is 0 Å². The van der Waals surface area contributed by atoms with Gasteiger partial charge in [0, 0.05) is 34.1 Å². The lowest BCUT2D eigenvalue weighted by Crippen LogP contribution is -2.10. The number of aliphatic hydroxyl groups excluding tert-OH is 3. The monoisotopic (exact) mass is 594 g/mol. The van der Waals surface area contributed by atoms with Gasteiger partial charge >= 0.3 is 0 Å². The maximum absolute atomic E-state index is 9.87. The standard InChI is InChI=1S/C39H34N2O4/c42-25-28-1-11-33(12-2-28)40(34-13-3-29(26-43)4-14-34)36-17-7-31(8-18-36)32-9-19-37(20-10-32)41(38-21-23-39(45)24-22-38)35-15-5-30(27-44)6-16-35/h1-24,42-45H,25-27H2. The number of hydrogen-bond acceptors (Lipinski definition) is 6. The van der Waals surface area contributed by atoms with Crippen molar-refractivity contribution in [3.8, 4) is 16.9 Å². The van der Waals surface area contributed by atoms with Gasteiger partial charge in [0.25, 0.3) is 0 Å². The topological polar surface area (TPSA) is 87.4 Å². The van der Waals surface area contributed by atoms with E-state index in [1.165, 1.54) is 0 Å². The third kappa shape index (κ3) is 6.59. The number of anilines is 6. The normalized spacial score (nSPS) is 10.9. The zero-order valence-corrected chi connectivity index (χ0v) is 24.7. The fraction of sp³-hybridized carbons (Fsp3) is 0.0769. The van der Waals surface area contributed by atoms with Crippen LogP contribution in [0.15, 0.2) is 146 Å². The lowest BCUT2D eigenvalue weighted by atomic mass is 10.0. The molecule has 6 aromatic rings. The molecule has 4 N–H and O–H groups in total. The number of aromatic hydroxyl groups is 1. The van der Waals surface area contributed by atoms with Crippen LogP contribution in [0.1, 0.15) is 16.7 Å². The second-order valence-electron chi connectivity index (χ2n) is 10.8. The average Bonchev–Trinajstić information content (AvgIpc) is 3.11. The first-order valence-electron chi connectivity index (χ1n) is 14.8. The number of hydrogen-bond donors (Lipinski definition) is 4. The van der Waals surface area contributed by atoms with Gasteiger partial charge in [0.15, 0.2) is 0 Å². The maximum Gasteiger partial charge on any atom is 0.115 e. The minimum Gasteiger partial charge on any atom is -0.508 e. The highest BCUT2D eigenvalue weighted by atomic mass is 16.3. The van der Waals surface area contributed by atoms with Gasteiger partial charge in [-0.05, 0) is 113 Å². The van der Waals surface area contributed by atoms with Gasteiger partial charge in [0.2, 0.25) is 0 Å². The summed E-state index contributed by atoms with van der Waals surface area (Å²) < 4.78 is 0. The summed E-state index contributed by atoms with van der Waals surface area (Å²) in [7, 11) is 0. The number of nitrogens with zero attached hydrogens (tertiary/aromatic N) is 2. The van der Waals surface area contributed by atoms with E-state index < -0.39 is 0 Å². The summed E-state index contributed by atoms with van der Waals surface area (Å²) in [4.78, 5) is 4.25. The smallest absolute Gasteiger partial charge is 0.115 e. The molecule has 0 fully saturated rings. The minimum atomic E-state index is -0.0171. The van der Waals surface area contributed by atoms with Crippen LogP contribution in [0.5, 0.6) is 5.75 Å². The molecule has 0 heterocycles. The van der Waals surface area contributed by atoms with Crippen LogP contribution >= 0.6 is 0 Å². The summed E-state index contributed by atoms with van der Waals surface area (Å²) in [5.74, 6) is 0.205. The van der Waals surface area contributed by atoms with Crippen LogP contribution < -0.4 is 9.80 Å². The Bertz CT molecular complexity index is 1770. The first kappa shape index (κ1) is 29.7. The van der Waals surface area contributed by atoms with E-state index in [-0.39, 0.29) is 25.6 Å². The van der Waals surface area contributed by atoms with Crippen LogP contribution in [0.3, 0.4) is 0 Å². The molecule has 0 atom stereocenters. The summed E-state index contributed by atoms with van der Waals surface area (Å²) in [5, 5.41) is 38.4. The summed E-state index contributed by atoms with van der Waals surface area (Å²) in [6, 6.07) is 47.3. The Morgan fingerprint density at radius 1 is 0.311 bits per heavy atom. The van der Waals surface area contributed by atoms with Crippen molar-refractivity contribution >= 4 is 34.1 Å². The molecule has 6 nitrogen and oxygen atoms in total. The second-order valence-corrected chi connectivity index (χ2v) is 10.8. The third-order valence-corrected chi connectivity index (χ3v) is 7.82. The van der Waals surface area contributed by atoms with Crippen LogP contribution in [-0.2, 0) is 19.8 Å². The molecular weight excluding hydrogens is 560 g/mol. The highest BCUT2D eigenvalue weighted by Crippen LogP contribution is 2.38. The van der Waals surface area contributed by atoms with E-state index in [9.17, 15) is 20.4 Å². The van der Waals surface area contributed by atoms with Gasteiger partial charge < -0.3 is 30.2 Å². The maximum atomic E-state index is 9.87. The van der Waals surface area contributed by atoms with Gasteiger partial charge in [0.1, 0.15) is 5.75 Å². The number of phenols is 1. The molecule has 224 valence electrons. The van der Waals surface area contributed by atoms with E-state index in [1.54, 1.807) is 12.1 Å². The van der Waals surface area contributed by atoms with Gasteiger partial charge in [-0.1, -0.05) is 60.7 Å². The molecule has 0 saturated carbocycles. The lowest BCUT2D eigenvalue weighted by Gasteiger charge is -2.26. The molecule has 0 unspecified atom stereocenters. The molecule has 0 saturated heterocycles. The summed E-state index contributed by atoms with van der Waals surface area (Å²) in [6.07, 6.45) is 0. The molecule has 0 aliphatic rings. The average molecular weight is 595 g/mol. The molecular formula is C39H34N2O4. The van der Waals surface area contributed by atoms with E-state index in [1.807, 2.05) is 84.9 Å². The van der Waals surface area contributed by atoms with Crippen LogP contribution in [0, 0.1) is 0 Å². The van der Waals surface area contributed by atoms with Crippen molar-refractivity contribution in [3.05, 3.63) is 162 Å². The lowest BCUT2D eigenvalue weighted by molar-refractivity contribution is 0.281. The first-order chi connectivity index (χ1) is 22.1. The molecule has 6 heteroatoms. The van der Waals surface area contributed by atoms with Crippen molar-refractivity contribution in [2.45, 2.75) is 19.8 Å². The number of benzene rings is 6. The quantitative estimate of drug-likeness (QED) is 0.127. The third-order valence-electron chi connectivity index (χ3n) is 7.82. The molecule has 0 radical (unpaired) electrons. The highest BCUT2D eigenvalue weighted by Gasteiger charge is 2.15. The van der Waals surface area contributed by atoms with Crippen molar-refractivity contribution in [3.63, 3.8) is 0 Å². The Morgan fingerprint density at radius 2 is 0.533 bits per heavy atom. The van der Waals surface area contributed by atoms with E-state index >= 15 is 0 Å². The largest absolute Gasteiger partial charge is 0.508 e. The van der Waals surface area contributed by atoms with Gasteiger partial charge in [-0.25, -0.2) is 0 Å². The molecule has 6 aromatic carbocycles. The summed E-state index contributed by atoms with van der Waals surface area (Å²) in [6.45, 7) is -0.0416. The second kappa shape index (κ2) is 13.5. The molecule has 45 heavy (non-hydrogen) atoms. The predicted octanol–water partition coefficient (Wildman–Crippen LogP) is 8.48. The Morgan fingerprint density at radius 3 is 0.778 bits per heavy atom. The summed E-state index contributed by atoms with van der Waals surface area (Å²) >= 11 is 0. The highest BCUT2D eigenvalue weighted by molar-refractivity contribution is 5.81.